The number of ether oxygens (including phenoxy) is 1. The number of aromatic nitrogens is 1. The van der Waals surface area contributed by atoms with Gasteiger partial charge < -0.3 is 10.5 Å². The molecule has 0 spiro atoms. The van der Waals surface area contributed by atoms with E-state index in [1.165, 1.54) is 0 Å². The van der Waals surface area contributed by atoms with E-state index in [4.69, 9.17) is 22.1 Å². The van der Waals surface area contributed by atoms with Gasteiger partial charge in [-0.3, -0.25) is 9.78 Å². The predicted molar refractivity (Wildman–Crippen MR) is 118 cm³/mol. The average Bonchev–Trinajstić information content (AvgIpc) is 3.04. The highest BCUT2D eigenvalue weighted by Crippen LogP contribution is 2.57. The number of rotatable bonds is 3. The molecule has 0 amide bonds. The third kappa shape index (κ3) is 3.33. The minimum atomic E-state index is -0.840. The molecule has 1 aromatic carbocycles. The Morgan fingerprint density at radius 1 is 1.23 bits per heavy atom. The number of fused-ring (bicyclic) bond motifs is 1. The van der Waals surface area contributed by atoms with Gasteiger partial charge in [-0.1, -0.05) is 50.6 Å². The summed E-state index contributed by atoms with van der Waals surface area (Å²) in [7, 11) is 0. The van der Waals surface area contributed by atoms with Crippen LogP contribution in [0.4, 0.5) is 0 Å². The van der Waals surface area contributed by atoms with Crippen LogP contribution in [0.1, 0.15) is 58.1 Å². The molecule has 1 aromatic heterocycles. The number of hydrogen-bond donors (Lipinski definition) is 1. The molecule has 0 bridgehead atoms. The van der Waals surface area contributed by atoms with Crippen molar-refractivity contribution in [3.05, 3.63) is 64.9 Å². The molecule has 4 rings (SSSR count). The average molecular weight is 428 g/mol. The lowest BCUT2D eigenvalue weighted by Crippen LogP contribution is -2.56. The van der Waals surface area contributed by atoms with E-state index in [0.29, 0.717) is 5.02 Å². The van der Waals surface area contributed by atoms with E-state index < -0.39 is 17.3 Å². The molecule has 4 atom stereocenters. The van der Waals surface area contributed by atoms with Crippen LogP contribution in [0, 0.1) is 5.41 Å². The van der Waals surface area contributed by atoms with Gasteiger partial charge in [-0.25, -0.2) is 4.90 Å². The summed E-state index contributed by atoms with van der Waals surface area (Å²) >= 11 is 6.36. The van der Waals surface area contributed by atoms with E-state index in [1.807, 2.05) is 56.4 Å². The van der Waals surface area contributed by atoms with Crippen molar-refractivity contribution in [3.63, 3.8) is 0 Å². The highest BCUT2D eigenvalue weighted by Gasteiger charge is 2.68. The van der Waals surface area contributed by atoms with E-state index >= 15 is 0 Å². The number of carbonyl (C=O) groups excluding carboxylic acids is 1. The Hall–Kier alpha value is -1.95. The molecule has 2 aliphatic rings. The molecule has 0 radical (unpaired) electrons. The van der Waals surface area contributed by atoms with Crippen LogP contribution in [0.25, 0.3) is 0 Å². The van der Waals surface area contributed by atoms with Crippen molar-refractivity contribution in [1.29, 1.82) is 0 Å². The van der Waals surface area contributed by atoms with Gasteiger partial charge in [0.15, 0.2) is 5.72 Å². The zero-order chi connectivity index (χ0) is 21.9. The molecule has 0 saturated carbocycles. The molecule has 2 fully saturated rings. The predicted octanol–water partition coefficient (Wildman–Crippen LogP) is 4.45. The quantitative estimate of drug-likeness (QED) is 0.732. The van der Waals surface area contributed by atoms with Crippen LogP contribution in [0.15, 0.2) is 48.8 Å². The zero-order valence-corrected chi connectivity index (χ0v) is 19.0. The number of nitrogens with two attached hydrogens (primary N) is 1. The van der Waals surface area contributed by atoms with Crippen molar-refractivity contribution in [3.8, 4) is 0 Å². The van der Waals surface area contributed by atoms with Crippen LogP contribution in [0.5, 0.6) is 0 Å². The molecule has 2 aromatic rings. The first-order chi connectivity index (χ1) is 13.9. The third-order valence-electron chi connectivity index (χ3n) is 6.41. The van der Waals surface area contributed by atoms with Gasteiger partial charge in [-0.05, 0) is 55.0 Å². The maximum Gasteiger partial charge on any atom is 0.325 e. The topological polar surface area (TPSA) is 68.5 Å². The molecule has 2 saturated heterocycles. The van der Waals surface area contributed by atoms with Crippen LogP contribution in [0.2, 0.25) is 5.02 Å². The number of benzene rings is 1. The first kappa shape index (κ1) is 21.3. The number of esters is 1. The number of cyclic esters (lactones) is 1. The van der Waals surface area contributed by atoms with Crippen LogP contribution in [-0.2, 0) is 15.1 Å². The Kier molecular flexibility index (Phi) is 5.00. The number of halogens is 1. The molecule has 4 unspecified atom stereocenters. The second kappa shape index (κ2) is 7.04. The monoisotopic (exact) mass is 427 g/mol. The van der Waals surface area contributed by atoms with Gasteiger partial charge in [-0.15, -0.1) is 0 Å². The first-order valence-electron chi connectivity index (χ1n) is 10.4. The largest absolute Gasteiger partial charge is 0.443 e. The molecular weight excluding hydrogens is 398 g/mol. The molecule has 0 aliphatic carbocycles. The van der Waals surface area contributed by atoms with Gasteiger partial charge in [0.25, 0.3) is 0 Å². The van der Waals surface area contributed by atoms with Crippen molar-refractivity contribution >= 4 is 17.6 Å². The summed E-state index contributed by atoms with van der Waals surface area (Å²) in [5, 5.41) is 0.623. The lowest BCUT2D eigenvalue weighted by Gasteiger charge is -2.44. The Morgan fingerprint density at radius 3 is 2.57 bits per heavy atom. The van der Waals surface area contributed by atoms with Crippen molar-refractivity contribution in [1.82, 2.24) is 9.88 Å². The van der Waals surface area contributed by atoms with Gasteiger partial charge in [0.1, 0.15) is 6.04 Å². The minimum Gasteiger partial charge on any atom is -0.443 e. The second-order valence-corrected chi connectivity index (χ2v) is 10.6. The lowest BCUT2D eigenvalue weighted by atomic mass is 9.69. The molecule has 2 N–H and O–H groups in total. The molecule has 3 heterocycles. The standard InChI is InChI=1S/C24H30ClN3O2/c1-22(2,3)13-18-24(26,16-9-7-11-27-14-16)19(15-8-6-10-17(25)12-15)20-21(29)30-23(4,5)28(18)20/h6-12,14,18-20H,13,26H2,1-5H3. The summed E-state index contributed by atoms with van der Waals surface area (Å²) in [5.41, 5.74) is 7.66. The Bertz CT molecular complexity index is 956. The molecule has 30 heavy (non-hydrogen) atoms. The van der Waals surface area contributed by atoms with Crippen molar-refractivity contribution in [2.24, 2.45) is 11.1 Å². The highest BCUT2D eigenvalue weighted by atomic mass is 35.5. The van der Waals surface area contributed by atoms with Crippen LogP contribution < -0.4 is 5.73 Å². The van der Waals surface area contributed by atoms with Gasteiger partial charge in [0.2, 0.25) is 0 Å². The molecule has 6 heteroatoms. The first-order valence-corrected chi connectivity index (χ1v) is 10.8. The summed E-state index contributed by atoms with van der Waals surface area (Å²) in [4.78, 5) is 19.8. The highest BCUT2D eigenvalue weighted by molar-refractivity contribution is 6.30. The van der Waals surface area contributed by atoms with Gasteiger partial charge >= 0.3 is 5.97 Å². The summed E-state index contributed by atoms with van der Waals surface area (Å²) in [5.74, 6) is -0.554. The molecule has 2 aliphatic heterocycles. The van der Waals surface area contributed by atoms with Crippen molar-refractivity contribution in [2.45, 2.75) is 70.3 Å². The van der Waals surface area contributed by atoms with Crippen LogP contribution in [-0.4, -0.2) is 33.7 Å². The van der Waals surface area contributed by atoms with E-state index in [2.05, 4.69) is 30.7 Å². The van der Waals surface area contributed by atoms with Gasteiger partial charge in [0, 0.05) is 29.4 Å². The fourth-order valence-corrected chi connectivity index (χ4v) is 5.57. The molecule has 160 valence electrons. The van der Waals surface area contributed by atoms with E-state index in [1.54, 1.807) is 6.20 Å². The van der Waals surface area contributed by atoms with Crippen molar-refractivity contribution in [2.75, 3.05) is 0 Å². The summed E-state index contributed by atoms with van der Waals surface area (Å²) in [6, 6.07) is 11.0. The Balaban J connectivity index is 1.99. The van der Waals surface area contributed by atoms with E-state index in [-0.39, 0.29) is 23.3 Å². The third-order valence-corrected chi connectivity index (χ3v) is 6.64. The number of carbonyl (C=O) groups is 1. The van der Waals surface area contributed by atoms with Gasteiger partial charge in [-0.2, -0.15) is 0 Å². The Morgan fingerprint density at radius 2 is 1.97 bits per heavy atom. The fraction of sp³-hybridized carbons (Fsp3) is 0.500. The fourth-order valence-electron chi connectivity index (χ4n) is 5.37. The molecular formula is C24H30ClN3O2. The van der Waals surface area contributed by atoms with E-state index in [0.717, 1.165) is 17.5 Å². The number of hydrogen-bond acceptors (Lipinski definition) is 5. The van der Waals surface area contributed by atoms with Gasteiger partial charge in [0.05, 0.1) is 5.54 Å². The van der Waals surface area contributed by atoms with Crippen molar-refractivity contribution < 1.29 is 9.53 Å². The zero-order valence-electron chi connectivity index (χ0n) is 18.2. The Labute approximate surface area is 183 Å². The minimum absolute atomic E-state index is 0.00696. The SMILES string of the molecule is CC(C)(C)CC1N2C(C(=O)OC2(C)C)C(c2cccc(Cl)c2)C1(N)c1cccnc1. The number of pyridine rings is 1. The van der Waals surface area contributed by atoms with Crippen LogP contribution in [0.3, 0.4) is 0 Å². The summed E-state index contributed by atoms with van der Waals surface area (Å²) in [6.45, 7) is 10.5. The summed E-state index contributed by atoms with van der Waals surface area (Å²) < 4.78 is 5.85. The normalized spacial score (nSPS) is 30.9. The lowest BCUT2D eigenvalue weighted by molar-refractivity contribution is -0.152. The van der Waals surface area contributed by atoms with E-state index in [9.17, 15) is 4.79 Å². The number of nitrogens with zero attached hydrogens (tertiary/aromatic N) is 2. The molecule has 5 nitrogen and oxygen atoms in total. The van der Waals surface area contributed by atoms with Crippen LogP contribution >= 0.6 is 11.6 Å². The second-order valence-electron chi connectivity index (χ2n) is 10.2. The smallest absolute Gasteiger partial charge is 0.325 e. The summed E-state index contributed by atoms with van der Waals surface area (Å²) in [6.07, 6.45) is 4.37. The maximum atomic E-state index is 13.2. The maximum absolute atomic E-state index is 13.2.